The first-order chi connectivity index (χ1) is 9.35. The maximum atomic E-state index is 10.6. The van der Waals surface area contributed by atoms with Crippen molar-refractivity contribution in [3.05, 3.63) is 77.5 Å². The molecule has 2 aromatic carbocycles. The highest BCUT2D eigenvalue weighted by Crippen LogP contribution is 2.14. The Kier molecular flexibility index (Phi) is 3.07. The zero-order valence-corrected chi connectivity index (χ0v) is 10.4. The fourth-order valence-electron chi connectivity index (χ4n) is 2.13. The maximum Gasteiger partial charge on any atom is 0.150 e. The molecule has 0 saturated heterocycles. The number of carbonyl (C=O) groups excluding carboxylic acids is 1. The summed E-state index contributed by atoms with van der Waals surface area (Å²) in [7, 11) is 0. The van der Waals surface area contributed by atoms with Crippen LogP contribution in [0.4, 0.5) is 0 Å². The van der Waals surface area contributed by atoms with Crippen molar-refractivity contribution in [2.75, 3.05) is 0 Å². The Labute approximate surface area is 111 Å². The molecule has 0 saturated carbocycles. The van der Waals surface area contributed by atoms with Crippen molar-refractivity contribution in [1.82, 2.24) is 4.98 Å². The highest BCUT2D eigenvalue weighted by molar-refractivity contribution is 5.78. The SMILES string of the molecule is O=Cc1ccc(Cc2ccc3ccccc3n2)cc1. The first kappa shape index (κ1) is 11.6. The monoisotopic (exact) mass is 247 g/mol. The molecule has 0 spiro atoms. The average molecular weight is 247 g/mol. The van der Waals surface area contributed by atoms with Gasteiger partial charge in [0.25, 0.3) is 0 Å². The molecule has 1 heterocycles. The fourth-order valence-corrected chi connectivity index (χ4v) is 2.13. The molecule has 0 unspecified atom stereocenters. The third-order valence-corrected chi connectivity index (χ3v) is 3.16. The smallest absolute Gasteiger partial charge is 0.150 e. The van der Waals surface area contributed by atoms with E-state index >= 15 is 0 Å². The molecule has 3 rings (SSSR count). The van der Waals surface area contributed by atoms with Gasteiger partial charge in [-0.05, 0) is 17.7 Å². The van der Waals surface area contributed by atoms with Gasteiger partial charge in [-0.15, -0.1) is 0 Å². The summed E-state index contributed by atoms with van der Waals surface area (Å²) in [6, 6.07) is 19.9. The largest absolute Gasteiger partial charge is 0.298 e. The lowest BCUT2D eigenvalue weighted by molar-refractivity contribution is 0.112. The van der Waals surface area contributed by atoms with Gasteiger partial charge in [0.05, 0.1) is 5.52 Å². The summed E-state index contributed by atoms with van der Waals surface area (Å²) in [4.78, 5) is 15.3. The van der Waals surface area contributed by atoms with Crippen molar-refractivity contribution in [2.24, 2.45) is 0 Å². The summed E-state index contributed by atoms with van der Waals surface area (Å²) in [5, 5.41) is 1.16. The van der Waals surface area contributed by atoms with E-state index in [0.29, 0.717) is 5.56 Å². The topological polar surface area (TPSA) is 30.0 Å². The van der Waals surface area contributed by atoms with Crippen molar-refractivity contribution >= 4 is 17.2 Å². The van der Waals surface area contributed by atoms with Gasteiger partial charge in [-0.3, -0.25) is 9.78 Å². The van der Waals surface area contributed by atoms with E-state index in [4.69, 9.17) is 0 Å². The predicted octanol–water partition coefficient (Wildman–Crippen LogP) is 3.64. The molecule has 0 aliphatic rings. The molecule has 2 nitrogen and oxygen atoms in total. The Morgan fingerprint density at radius 1 is 0.895 bits per heavy atom. The minimum absolute atomic E-state index is 0.704. The molecule has 2 heteroatoms. The summed E-state index contributed by atoms with van der Waals surface area (Å²) in [5.74, 6) is 0. The third-order valence-electron chi connectivity index (χ3n) is 3.16. The molecule has 0 fully saturated rings. The van der Waals surface area contributed by atoms with Crippen molar-refractivity contribution < 1.29 is 4.79 Å². The molecule has 92 valence electrons. The molecule has 0 amide bonds. The van der Waals surface area contributed by atoms with Crippen molar-refractivity contribution in [3.63, 3.8) is 0 Å². The van der Waals surface area contributed by atoms with Crippen molar-refractivity contribution in [3.8, 4) is 0 Å². The maximum absolute atomic E-state index is 10.6. The second-order valence-electron chi connectivity index (χ2n) is 4.53. The van der Waals surface area contributed by atoms with Crippen LogP contribution in [0.25, 0.3) is 10.9 Å². The molecule has 19 heavy (non-hydrogen) atoms. The summed E-state index contributed by atoms with van der Waals surface area (Å²) < 4.78 is 0. The van der Waals surface area contributed by atoms with E-state index in [1.807, 2.05) is 42.5 Å². The Bertz CT molecular complexity index is 717. The number of benzene rings is 2. The van der Waals surface area contributed by atoms with Crippen LogP contribution in [-0.4, -0.2) is 11.3 Å². The summed E-state index contributed by atoms with van der Waals surface area (Å²) >= 11 is 0. The number of hydrogen-bond donors (Lipinski definition) is 0. The van der Waals surface area contributed by atoms with Crippen molar-refractivity contribution in [1.29, 1.82) is 0 Å². The Morgan fingerprint density at radius 2 is 1.68 bits per heavy atom. The van der Waals surface area contributed by atoms with Crippen LogP contribution in [0, 0.1) is 0 Å². The first-order valence-electron chi connectivity index (χ1n) is 6.24. The molecule has 0 aliphatic heterocycles. The van der Waals surface area contributed by atoms with Gasteiger partial charge in [-0.25, -0.2) is 0 Å². The lowest BCUT2D eigenvalue weighted by atomic mass is 10.1. The van der Waals surface area contributed by atoms with E-state index in [2.05, 4.69) is 23.2 Å². The standard InChI is InChI=1S/C17H13NO/c19-12-14-7-5-13(6-8-14)11-16-10-9-15-3-1-2-4-17(15)18-16/h1-10,12H,11H2. The minimum atomic E-state index is 0.704. The number of para-hydroxylation sites is 1. The lowest BCUT2D eigenvalue weighted by Crippen LogP contribution is -1.93. The normalized spacial score (nSPS) is 10.5. The second-order valence-corrected chi connectivity index (χ2v) is 4.53. The van der Waals surface area contributed by atoms with Gasteiger partial charge in [0, 0.05) is 23.1 Å². The zero-order chi connectivity index (χ0) is 13.1. The van der Waals surface area contributed by atoms with Crippen LogP contribution >= 0.6 is 0 Å². The van der Waals surface area contributed by atoms with Crippen LogP contribution in [-0.2, 0) is 6.42 Å². The fraction of sp³-hybridized carbons (Fsp3) is 0.0588. The van der Waals surface area contributed by atoms with E-state index in [9.17, 15) is 4.79 Å². The van der Waals surface area contributed by atoms with E-state index < -0.39 is 0 Å². The summed E-state index contributed by atoms with van der Waals surface area (Å²) in [5.41, 5.74) is 3.92. The lowest BCUT2D eigenvalue weighted by Gasteiger charge is -2.03. The van der Waals surface area contributed by atoms with Crippen LogP contribution in [0.5, 0.6) is 0 Å². The predicted molar refractivity (Wildman–Crippen MR) is 76.4 cm³/mol. The van der Waals surface area contributed by atoms with Crippen LogP contribution in [0.15, 0.2) is 60.7 Å². The van der Waals surface area contributed by atoms with Crippen LogP contribution in [0.2, 0.25) is 0 Å². The zero-order valence-electron chi connectivity index (χ0n) is 10.4. The van der Waals surface area contributed by atoms with Crippen LogP contribution < -0.4 is 0 Å². The number of pyridine rings is 1. The highest BCUT2D eigenvalue weighted by Gasteiger charge is 2.00. The molecule has 1 aromatic heterocycles. The molecule has 0 aliphatic carbocycles. The Balaban J connectivity index is 1.89. The van der Waals surface area contributed by atoms with E-state index in [1.54, 1.807) is 0 Å². The molecule has 0 bridgehead atoms. The Hall–Kier alpha value is -2.48. The van der Waals surface area contributed by atoms with Gasteiger partial charge in [0.1, 0.15) is 6.29 Å². The molecular weight excluding hydrogens is 234 g/mol. The number of fused-ring (bicyclic) bond motifs is 1. The number of rotatable bonds is 3. The number of hydrogen-bond acceptors (Lipinski definition) is 2. The molecule has 0 radical (unpaired) electrons. The van der Waals surface area contributed by atoms with Crippen LogP contribution in [0.3, 0.4) is 0 Å². The number of aromatic nitrogens is 1. The molecular formula is C17H13NO. The first-order valence-corrected chi connectivity index (χ1v) is 6.24. The molecule has 3 aromatic rings. The highest BCUT2D eigenvalue weighted by atomic mass is 16.1. The quantitative estimate of drug-likeness (QED) is 0.661. The molecule has 0 atom stereocenters. The summed E-state index contributed by atoms with van der Waals surface area (Å²) in [6.45, 7) is 0. The minimum Gasteiger partial charge on any atom is -0.298 e. The second kappa shape index (κ2) is 5.02. The molecule has 0 N–H and O–H groups in total. The van der Waals surface area contributed by atoms with Gasteiger partial charge in [-0.1, -0.05) is 48.5 Å². The van der Waals surface area contributed by atoms with E-state index in [1.165, 1.54) is 0 Å². The van der Waals surface area contributed by atoms with Gasteiger partial charge in [0.2, 0.25) is 0 Å². The number of carbonyl (C=O) groups is 1. The van der Waals surface area contributed by atoms with Crippen LogP contribution in [0.1, 0.15) is 21.6 Å². The van der Waals surface area contributed by atoms with Gasteiger partial charge >= 0.3 is 0 Å². The number of aldehydes is 1. The average Bonchev–Trinajstić information content (AvgIpc) is 2.48. The van der Waals surface area contributed by atoms with Gasteiger partial charge in [-0.2, -0.15) is 0 Å². The van der Waals surface area contributed by atoms with E-state index in [-0.39, 0.29) is 0 Å². The van der Waals surface area contributed by atoms with Gasteiger partial charge < -0.3 is 0 Å². The Morgan fingerprint density at radius 3 is 2.47 bits per heavy atom. The van der Waals surface area contributed by atoms with E-state index in [0.717, 1.165) is 34.9 Å². The number of nitrogens with zero attached hydrogens (tertiary/aromatic N) is 1. The van der Waals surface area contributed by atoms with Crippen molar-refractivity contribution in [2.45, 2.75) is 6.42 Å². The third kappa shape index (κ3) is 2.52. The van der Waals surface area contributed by atoms with Gasteiger partial charge in [0.15, 0.2) is 0 Å². The summed E-state index contributed by atoms with van der Waals surface area (Å²) in [6.07, 6.45) is 1.64.